The molecule has 0 bridgehead atoms. The van der Waals surface area contributed by atoms with E-state index in [1.54, 1.807) is 12.1 Å². The van der Waals surface area contributed by atoms with Gasteiger partial charge in [-0.3, -0.25) is 4.31 Å². The lowest BCUT2D eigenvalue weighted by molar-refractivity contribution is -0.137. The van der Waals surface area contributed by atoms with Crippen LogP contribution < -0.4 is 4.31 Å². The number of rotatable bonds is 3. The summed E-state index contributed by atoms with van der Waals surface area (Å²) in [4.78, 5) is 0.884. The van der Waals surface area contributed by atoms with Gasteiger partial charge in [0.05, 0.1) is 16.9 Å². The van der Waals surface area contributed by atoms with Crippen LogP contribution in [0.5, 0.6) is 0 Å². The molecule has 0 radical (unpaired) electrons. The van der Waals surface area contributed by atoms with Gasteiger partial charge in [0, 0.05) is 6.54 Å². The lowest BCUT2D eigenvalue weighted by Crippen LogP contribution is -2.30. The van der Waals surface area contributed by atoms with Crippen LogP contribution in [0.3, 0.4) is 0 Å². The number of nitrogens with zero attached hydrogens (tertiary/aromatic N) is 5. The van der Waals surface area contributed by atoms with E-state index in [1.807, 2.05) is 12.1 Å². The van der Waals surface area contributed by atoms with Gasteiger partial charge in [0.1, 0.15) is 0 Å². The van der Waals surface area contributed by atoms with Gasteiger partial charge in [-0.1, -0.05) is 23.3 Å². The highest BCUT2D eigenvalue weighted by Gasteiger charge is 2.34. The molecule has 3 aromatic rings. The van der Waals surface area contributed by atoms with Crippen LogP contribution in [0.4, 0.5) is 18.9 Å². The zero-order chi connectivity index (χ0) is 19.2. The molecule has 11 heteroatoms. The molecule has 4 rings (SSSR count). The Kier molecular flexibility index (Phi) is 3.91. The first-order chi connectivity index (χ1) is 12.8. The normalized spacial score (nSPS) is 14.4. The maximum Gasteiger partial charge on any atom is 0.416 e. The van der Waals surface area contributed by atoms with E-state index in [0.29, 0.717) is 12.1 Å². The van der Waals surface area contributed by atoms with Crippen molar-refractivity contribution in [1.82, 2.24) is 20.2 Å². The number of aromatic nitrogens is 4. The van der Waals surface area contributed by atoms with Crippen LogP contribution in [0, 0.1) is 0 Å². The van der Waals surface area contributed by atoms with Crippen LogP contribution in [0.25, 0.3) is 5.69 Å². The Bertz CT molecular complexity index is 1090. The first-order valence-corrected chi connectivity index (χ1v) is 9.29. The van der Waals surface area contributed by atoms with E-state index in [2.05, 4.69) is 15.4 Å². The number of para-hydroxylation sites is 1. The molecule has 0 spiro atoms. The molecule has 0 amide bonds. The Hall–Kier alpha value is -2.95. The highest BCUT2D eigenvalue weighted by Crippen LogP contribution is 2.32. The number of alkyl halides is 3. The highest BCUT2D eigenvalue weighted by molar-refractivity contribution is 7.92. The largest absolute Gasteiger partial charge is 0.416 e. The number of hydrogen-bond donors (Lipinski definition) is 0. The average molecular weight is 395 g/mol. The molecule has 0 atom stereocenters. The van der Waals surface area contributed by atoms with Crippen molar-refractivity contribution in [2.45, 2.75) is 17.8 Å². The van der Waals surface area contributed by atoms with Gasteiger partial charge in [0.2, 0.25) is 0 Å². The number of sulfonamides is 1. The standard InChI is InChI=1S/C16H12F3N5O2S/c17-16(18,19)12-5-7-13(8-6-12)24-21-15(20-22-24)27(25,26)23-10-9-11-3-1-2-4-14(11)23/h1-8H,9-10H2. The first-order valence-electron chi connectivity index (χ1n) is 7.85. The zero-order valence-corrected chi connectivity index (χ0v) is 14.4. The van der Waals surface area contributed by atoms with Crippen LogP contribution in [0.1, 0.15) is 11.1 Å². The van der Waals surface area contributed by atoms with Crippen LogP contribution in [-0.4, -0.2) is 35.2 Å². The molecule has 1 aliphatic heterocycles. The fourth-order valence-corrected chi connectivity index (χ4v) is 4.14. The van der Waals surface area contributed by atoms with Crippen LogP contribution in [-0.2, 0) is 22.6 Å². The van der Waals surface area contributed by atoms with Crippen molar-refractivity contribution in [1.29, 1.82) is 0 Å². The van der Waals surface area contributed by atoms with Gasteiger partial charge >= 0.3 is 21.4 Å². The molecule has 1 aromatic heterocycles. The topological polar surface area (TPSA) is 81.0 Å². The summed E-state index contributed by atoms with van der Waals surface area (Å²) in [7, 11) is -4.02. The molecule has 0 saturated heterocycles. The first kappa shape index (κ1) is 17.5. The van der Waals surface area contributed by atoms with E-state index < -0.39 is 26.9 Å². The molecule has 0 saturated carbocycles. The Morgan fingerprint density at radius 3 is 2.41 bits per heavy atom. The van der Waals surface area contributed by atoms with Crippen LogP contribution >= 0.6 is 0 Å². The predicted octanol–water partition coefficient (Wildman–Crippen LogP) is 2.43. The maximum absolute atomic E-state index is 12.8. The molecular formula is C16H12F3N5O2S. The molecule has 2 aromatic carbocycles. The molecule has 7 nitrogen and oxygen atoms in total. The maximum atomic E-state index is 12.8. The summed E-state index contributed by atoms with van der Waals surface area (Å²) in [6, 6.07) is 11.1. The smallest absolute Gasteiger partial charge is 0.263 e. The molecule has 0 unspecified atom stereocenters. The number of anilines is 1. The van der Waals surface area contributed by atoms with E-state index in [9.17, 15) is 21.6 Å². The van der Waals surface area contributed by atoms with Gasteiger partial charge in [0.25, 0.3) is 0 Å². The summed E-state index contributed by atoms with van der Waals surface area (Å²) in [6.45, 7) is 0.260. The molecular weight excluding hydrogens is 383 g/mol. The van der Waals surface area contributed by atoms with Gasteiger partial charge < -0.3 is 0 Å². The summed E-state index contributed by atoms with van der Waals surface area (Å²) in [5.74, 6) is 0. The molecule has 27 heavy (non-hydrogen) atoms. The third-order valence-corrected chi connectivity index (χ3v) is 5.77. The second-order valence-corrected chi connectivity index (χ2v) is 7.62. The highest BCUT2D eigenvalue weighted by atomic mass is 32.2. The number of hydrogen-bond acceptors (Lipinski definition) is 5. The van der Waals surface area contributed by atoms with Crippen molar-refractivity contribution < 1.29 is 21.6 Å². The molecule has 1 aliphatic rings. The van der Waals surface area contributed by atoms with Crippen molar-refractivity contribution in [2.24, 2.45) is 0 Å². The Labute approximate surface area is 152 Å². The minimum absolute atomic E-state index is 0.166. The molecule has 0 aliphatic carbocycles. The van der Waals surface area contributed by atoms with E-state index in [-0.39, 0.29) is 12.2 Å². The van der Waals surface area contributed by atoms with Crippen molar-refractivity contribution in [3.05, 3.63) is 59.7 Å². The van der Waals surface area contributed by atoms with Crippen LogP contribution in [0.15, 0.2) is 53.7 Å². The van der Waals surface area contributed by atoms with Crippen LogP contribution in [0.2, 0.25) is 0 Å². The summed E-state index contributed by atoms with van der Waals surface area (Å²) >= 11 is 0. The average Bonchev–Trinajstić information content (AvgIpc) is 3.29. The van der Waals surface area contributed by atoms with E-state index in [1.165, 1.54) is 4.31 Å². The minimum Gasteiger partial charge on any atom is -0.263 e. The lowest BCUT2D eigenvalue weighted by atomic mass is 10.2. The van der Waals surface area contributed by atoms with E-state index in [4.69, 9.17) is 0 Å². The van der Waals surface area contributed by atoms with E-state index >= 15 is 0 Å². The Balaban J connectivity index is 1.65. The van der Waals surface area contributed by atoms with Crippen molar-refractivity contribution in [3.8, 4) is 5.69 Å². The molecule has 140 valence electrons. The Morgan fingerprint density at radius 1 is 1.00 bits per heavy atom. The van der Waals surface area contributed by atoms with Crippen molar-refractivity contribution in [3.63, 3.8) is 0 Å². The molecule has 0 N–H and O–H groups in total. The number of halogens is 3. The van der Waals surface area contributed by atoms with Gasteiger partial charge in [-0.15, -0.1) is 9.90 Å². The van der Waals surface area contributed by atoms with Gasteiger partial charge in [-0.25, -0.2) is 0 Å². The van der Waals surface area contributed by atoms with E-state index in [0.717, 1.165) is 34.6 Å². The Morgan fingerprint density at radius 2 is 1.70 bits per heavy atom. The predicted molar refractivity (Wildman–Crippen MR) is 88.8 cm³/mol. The number of tetrazole rings is 1. The summed E-state index contributed by atoms with van der Waals surface area (Å²) in [5, 5.41) is 10.6. The second kappa shape index (κ2) is 6.05. The number of benzene rings is 2. The quantitative estimate of drug-likeness (QED) is 0.681. The zero-order valence-electron chi connectivity index (χ0n) is 13.6. The van der Waals surface area contributed by atoms with Crippen molar-refractivity contribution >= 4 is 15.7 Å². The number of fused-ring (bicyclic) bond motifs is 1. The SMILES string of the molecule is O=S(=O)(c1nnn(-c2ccc(C(F)(F)F)cc2)n1)N1CCc2ccccc21. The minimum atomic E-state index is -4.47. The van der Waals surface area contributed by atoms with Gasteiger partial charge in [0.15, 0.2) is 0 Å². The van der Waals surface area contributed by atoms with Gasteiger partial charge in [-0.05, 0) is 47.5 Å². The molecule has 0 fully saturated rings. The summed E-state index contributed by atoms with van der Waals surface area (Å²) in [6.07, 6.45) is -3.89. The summed E-state index contributed by atoms with van der Waals surface area (Å²) in [5.41, 5.74) is 0.797. The third-order valence-electron chi connectivity index (χ3n) is 4.19. The second-order valence-electron chi connectivity index (χ2n) is 5.86. The fourth-order valence-electron chi connectivity index (χ4n) is 2.85. The van der Waals surface area contributed by atoms with Crippen molar-refractivity contribution in [2.75, 3.05) is 10.8 Å². The third kappa shape index (κ3) is 3.03. The monoisotopic (exact) mass is 395 g/mol. The van der Waals surface area contributed by atoms with Gasteiger partial charge in [-0.2, -0.15) is 21.6 Å². The summed E-state index contributed by atoms with van der Waals surface area (Å²) < 4.78 is 64.8. The fraction of sp³-hybridized carbons (Fsp3) is 0.188. The lowest BCUT2D eigenvalue weighted by Gasteiger charge is -2.16. The molecule has 2 heterocycles.